The number of carboxylic acid groups (broad SMARTS) is 1. The summed E-state index contributed by atoms with van der Waals surface area (Å²) in [4.78, 5) is 15.9. The standard InChI is InChI=1S/C15H18F3N3O2/c16-15(17,18)12-11(2-1-7-19-12)21-8-14(9-21)5-3-10(4-6-14)20-13(22)23/h1-2,7,10,20H,3-6,8-9H2,(H,22,23). The van der Waals surface area contributed by atoms with Crippen LogP contribution in [0.5, 0.6) is 0 Å². The molecule has 1 spiro atoms. The number of hydrogen-bond acceptors (Lipinski definition) is 3. The molecule has 1 saturated carbocycles. The molecule has 0 atom stereocenters. The van der Waals surface area contributed by atoms with E-state index in [1.807, 2.05) is 0 Å². The van der Waals surface area contributed by atoms with Crippen LogP contribution in [0.2, 0.25) is 0 Å². The van der Waals surface area contributed by atoms with Gasteiger partial charge in [-0.2, -0.15) is 13.2 Å². The fraction of sp³-hybridized carbons (Fsp3) is 0.600. The van der Waals surface area contributed by atoms with Crippen molar-refractivity contribution in [2.24, 2.45) is 5.41 Å². The highest BCUT2D eigenvalue weighted by atomic mass is 19.4. The van der Waals surface area contributed by atoms with E-state index in [9.17, 15) is 18.0 Å². The zero-order valence-corrected chi connectivity index (χ0v) is 12.4. The maximum absolute atomic E-state index is 13.0. The second-order valence-corrected chi connectivity index (χ2v) is 6.45. The van der Waals surface area contributed by atoms with E-state index < -0.39 is 18.0 Å². The van der Waals surface area contributed by atoms with E-state index >= 15 is 0 Å². The Hall–Kier alpha value is -1.99. The molecule has 5 nitrogen and oxygen atoms in total. The molecule has 0 unspecified atom stereocenters. The molecule has 0 bridgehead atoms. The number of nitrogens with one attached hydrogen (secondary N) is 1. The first-order chi connectivity index (χ1) is 10.8. The Morgan fingerprint density at radius 2 is 2.00 bits per heavy atom. The normalized spacial score (nSPS) is 21.1. The first-order valence-corrected chi connectivity index (χ1v) is 7.56. The van der Waals surface area contributed by atoms with E-state index in [1.54, 1.807) is 4.90 Å². The molecule has 1 aliphatic carbocycles. The van der Waals surface area contributed by atoms with E-state index in [0.29, 0.717) is 13.1 Å². The van der Waals surface area contributed by atoms with Crippen molar-refractivity contribution in [1.82, 2.24) is 10.3 Å². The third kappa shape index (κ3) is 3.20. The lowest BCUT2D eigenvalue weighted by molar-refractivity contribution is -0.140. The molecule has 2 aliphatic rings. The van der Waals surface area contributed by atoms with Crippen molar-refractivity contribution in [3.05, 3.63) is 24.0 Å². The van der Waals surface area contributed by atoms with Crippen LogP contribution < -0.4 is 10.2 Å². The lowest BCUT2D eigenvalue weighted by Gasteiger charge is -2.54. The van der Waals surface area contributed by atoms with Crippen molar-refractivity contribution in [1.29, 1.82) is 0 Å². The molecule has 0 radical (unpaired) electrons. The summed E-state index contributed by atoms with van der Waals surface area (Å²) in [5, 5.41) is 11.2. The van der Waals surface area contributed by atoms with Crippen LogP contribution in [0.1, 0.15) is 31.4 Å². The molecule has 2 N–H and O–H groups in total. The zero-order chi connectivity index (χ0) is 16.7. The molecule has 3 rings (SSSR count). The SMILES string of the molecule is O=C(O)NC1CCC2(CC1)CN(c1cccnc1C(F)(F)F)C2. The molecule has 1 aliphatic heterocycles. The smallest absolute Gasteiger partial charge is 0.435 e. The minimum Gasteiger partial charge on any atom is -0.465 e. The molecule has 0 aromatic carbocycles. The predicted octanol–water partition coefficient (Wildman–Crippen LogP) is 3.12. The quantitative estimate of drug-likeness (QED) is 0.875. The Bertz CT molecular complexity index is 590. The number of aromatic nitrogens is 1. The highest BCUT2D eigenvalue weighted by molar-refractivity contribution is 5.64. The fourth-order valence-corrected chi connectivity index (χ4v) is 3.67. The van der Waals surface area contributed by atoms with Crippen molar-refractivity contribution in [2.75, 3.05) is 18.0 Å². The van der Waals surface area contributed by atoms with E-state index in [0.717, 1.165) is 31.9 Å². The monoisotopic (exact) mass is 329 g/mol. The molecule has 8 heteroatoms. The topological polar surface area (TPSA) is 65.5 Å². The molecule has 23 heavy (non-hydrogen) atoms. The Labute approximate surface area is 131 Å². The molecule has 126 valence electrons. The van der Waals surface area contributed by atoms with Gasteiger partial charge in [-0.25, -0.2) is 9.78 Å². The average Bonchev–Trinajstić information content (AvgIpc) is 2.44. The molecule has 1 amide bonds. The number of alkyl halides is 3. The molecule has 1 aromatic heterocycles. The van der Waals surface area contributed by atoms with E-state index in [2.05, 4.69) is 10.3 Å². The summed E-state index contributed by atoms with van der Waals surface area (Å²) < 4.78 is 39.1. The maximum atomic E-state index is 13.0. The zero-order valence-electron chi connectivity index (χ0n) is 12.4. The number of pyridine rings is 1. The number of rotatable bonds is 2. The second kappa shape index (κ2) is 5.58. The summed E-state index contributed by atoms with van der Waals surface area (Å²) in [5.74, 6) is 0. The first-order valence-electron chi connectivity index (χ1n) is 7.56. The fourth-order valence-electron chi connectivity index (χ4n) is 3.67. The van der Waals surface area contributed by atoms with Gasteiger partial charge in [-0.3, -0.25) is 0 Å². The van der Waals surface area contributed by atoms with Gasteiger partial charge < -0.3 is 15.3 Å². The summed E-state index contributed by atoms with van der Waals surface area (Å²) >= 11 is 0. The summed E-state index contributed by atoms with van der Waals surface area (Å²) in [7, 11) is 0. The Kier molecular flexibility index (Phi) is 3.85. The van der Waals surface area contributed by atoms with Crippen LogP contribution in [0.4, 0.5) is 23.7 Å². The number of hydrogen-bond donors (Lipinski definition) is 2. The number of carbonyl (C=O) groups is 1. The number of anilines is 1. The highest BCUT2D eigenvalue weighted by Crippen LogP contribution is 2.47. The van der Waals surface area contributed by atoms with Crippen LogP contribution in [-0.4, -0.2) is 35.3 Å². The van der Waals surface area contributed by atoms with Crippen LogP contribution >= 0.6 is 0 Å². The predicted molar refractivity (Wildman–Crippen MR) is 77.3 cm³/mol. The summed E-state index contributed by atoms with van der Waals surface area (Å²) in [6, 6.07) is 2.93. The lowest BCUT2D eigenvalue weighted by Crippen LogP contribution is -2.59. The van der Waals surface area contributed by atoms with E-state index in [1.165, 1.54) is 12.1 Å². The van der Waals surface area contributed by atoms with Gasteiger partial charge in [0, 0.05) is 30.7 Å². The molecular formula is C15H18F3N3O2. The van der Waals surface area contributed by atoms with Gasteiger partial charge >= 0.3 is 12.3 Å². The summed E-state index contributed by atoms with van der Waals surface area (Å²) in [6.45, 7) is 1.14. The molecular weight excluding hydrogens is 311 g/mol. The van der Waals surface area contributed by atoms with Gasteiger partial charge in [-0.05, 0) is 37.8 Å². The van der Waals surface area contributed by atoms with Crippen molar-refractivity contribution >= 4 is 11.8 Å². The second-order valence-electron chi connectivity index (χ2n) is 6.45. The minimum absolute atomic E-state index is 0.00932. The van der Waals surface area contributed by atoms with Gasteiger partial charge in [0.05, 0.1) is 5.69 Å². The number of halogens is 3. The van der Waals surface area contributed by atoms with Crippen LogP contribution in [0.15, 0.2) is 18.3 Å². The number of nitrogens with zero attached hydrogens (tertiary/aromatic N) is 2. The van der Waals surface area contributed by atoms with Crippen molar-refractivity contribution in [3.8, 4) is 0 Å². The summed E-state index contributed by atoms with van der Waals surface area (Å²) in [6.07, 6.45) is -1.19. The Morgan fingerprint density at radius 3 is 2.57 bits per heavy atom. The van der Waals surface area contributed by atoms with E-state index in [-0.39, 0.29) is 17.1 Å². The van der Waals surface area contributed by atoms with Crippen molar-refractivity contribution < 1.29 is 23.1 Å². The van der Waals surface area contributed by atoms with Crippen LogP contribution in [-0.2, 0) is 6.18 Å². The summed E-state index contributed by atoms with van der Waals surface area (Å²) in [5.41, 5.74) is -0.692. The lowest BCUT2D eigenvalue weighted by atomic mass is 9.67. The Balaban J connectivity index is 1.63. The maximum Gasteiger partial charge on any atom is 0.435 e. The van der Waals surface area contributed by atoms with E-state index in [4.69, 9.17) is 5.11 Å². The van der Waals surface area contributed by atoms with Crippen molar-refractivity contribution in [2.45, 2.75) is 37.9 Å². The number of amides is 1. The van der Waals surface area contributed by atoms with Crippen LogP contribution in [0, 0.1) is 5.41 Å². The van der Waals surface area contributed by atoms with Crippen molar-refractivity contribution in [3.63, 3.8) is 0 Å². The average molecular weight is 329 g/mol. The van der Waals surface area contributed by atoms with Gasteiger partial charge in [0.15, 0.2) is 5.69 Å². The Morgan fingerprint density at radius 1 is 1.35 bits per heavy atom. The van der Waals surface area contributed by atoms with Gasteiger partial charge in [-0.1, -0.05) is 0 Å². The molecule has 2 fully saturated rings. The van der Waals surface area contributed by atoms with Gasteiger partial charge in [0.2, 0.25) is 0 Å². The first kappa shape index (κ1) is 15.9. The van der Waals surface area contributed by atoms with Crippen LogP contribution in [0.3, 0.4) is 0 Å². The van der Waals surface area contributed by atoms with Gasteiger partial charge in [0.25, 0.3) is 0 Å². The highest BCUT2D eigenvalue weighted by Gasteiger charge is 2.47. The third-order valence-electron chi connectivity index (χ3n) is 4.82. The molecule has 1 aromatic rings. The van der Waals surface area contributed by atoms with Gasteiger partial charge in [0.1, 0.15) is 0 Å². The van der Waals surface area contributed by atoms with Crippen LogP contribution in [0.25, 0.3) is 0 Å². The molecule has 1 saturated heterocycles. The third-order valence-corrected chi connectivity index (χ3v) is 4.82. The molecule has 2 heterocycles. The largest absolute Gasteiger partial charge is 0.465 e. The minimum atomic E-state index is -4.46. The van der Waals surface area contributed by atoms with Gasteiger partial charge in [-0.15, -0.1) is 0 Å².